The van der Waals surface area contributed by atoms with Gasteiger partial charge < -0.3 is 5.32 Å². The van der Waals surface area contributed by atoms with E-state index in [0.29, 0.717) is 5.92 Å². The Morgan fingerprint density at radius 1 is 1.41 bits per heavy atom. The van der Waals surface area contributed by atoms with Crippen molar-refractivity contribution in [2.45, 2.75) is 26.7 Å². The van der Waals surface area contributed by atoms with E-state index in [2.05, 4.69) is 50.4 Å². The van der Waals surface area contributed by atoms with E-state index in [-0.39, 0.29) is 0 Å². The predicted octanol–water partition coefficient (Wildman–Crippen LogP) is 4.48. The molecule has 0 spiro atoms. The Hall–Kier alpha value is -0.940. The lowest BCUT2D eigenvalue weighted by molar-refractivity contribution is 0.834. The number of aromatic nitrogens is 2. The van der Waals surface area contributed by atoms with E-state index in [1.54, 1.807) is 17.5 Å². The Labute approximate surface area is 113 Å². The van der Waals surface area contributed by atoms with Gasteiger partial charge in [-0.1, -0.05) is 13.8 Å². The van der Waals surface area contributed by atoms with Crippen molar-refractivity contribution >= 4 is 38.2 Å². The molecule has 2 rings (SSSR count). The highest BCUT2D eigenvalue weighted by Gasteiger charge is 2.06. The number of aryl methyl sites for hydroxylation is 1. The molecule has 3 nitrogen and oxygen atoms in total. The van der Waals surface area contributed by atoms with Crippen molar-refractivity contribution in [1.82, 2.24) is 9.97 Å². The highest BCUT2D eigenvalue weighted by molar-refractivity contribution is 9.10. The van der Waals surface area contributed by atoms with Gasteiger partial charge in [-0.05, 0) is 40.4 Å². The van der Waals surface area contributed by atoms with Gasteiger partial charge in [0.2, 0.25) is 0 Å². The van der Waals surface area contributed by atoms with Crippen LogP contribution in [0.25, 0.3) is 0 Å². The summed E-state index contributed by atoms with van der Waals surface area (Å²) in [6, 6.07) is 2.00. The number of halogens is 1. The molecule has 0 aromatic carbocycles. The summed E-state index contributed by atoms with van der Waals surface area (Å²) in [5, 5.41) is 6.20. The van der Waals surface area contributed by atoms with Gasteiger partial charge >= 0.3 is 0 Å². The van der Waals surface area contributed by atoms with Crippen LogP contribution in [-0.4, -0.2) is 9.97 Å². The van der Waals surface area contributed by atoms with E-state index in [0.717, 1.165) is 26.7 Å². The number of hydrogen-bond donors (Lipinski definition) is 1. The van der Waals surface area contributed by atoms with Crippen LogP contribution in [0.1, 0.15) is 31.0 Å². The molecule has 0 aliphatic carbocycles. The fraction of sp³-hybridized carbons (Fsp3) is 0.333. The molecule has 0 atom stereocenters. The summed E-state index contributed by atoms with van der Waals surface area (Å²) in [6.07, 6.45) is 1.80. The van der Waals surface area contributed by atoms with Gasteiger partial charge in [-0.3, -0.25) is 0 Å². The maximum Gasteiger partial charge on any atom is 0.188 e. The van der Waals surface area contributed by atoms with E-state index < -0.39 is 0 Å². The minimum atomic E-state index is 0.460. The molecule has 2 heterocycles. The minimum absolute atomic E-state index is 0.460. The molecule has 0 fully saturated rings. The molecular weight excluding hydrogens is 298 g/mol. The molecule has 0 bridgehead atoms. The third-order valence-electron chi connectivity index (χ3n) is 2.40. The summed E-state index contributed by atoms with van der Waals surface area (Å²) < 4.78 is 1.02. The van der Waals surface area contributed by atoms with Crippen molar-refractivity contribution < 1.29 is 0 Å². The molecule has 0 amide bonds. The predicted molar refractivity (Wildman–Crippen MR) is 76.2 cm³/mol. The number of rotatable bonds is 3. The van der Waals surface area contributed by atoms with Crippen molar-refractivity contribution in [3.05, 3.63) is 33.4 Å². The largest absolute Gasteiger partial charge is 0.316 e. The number of pyridine rings is 1. The quantitative estimate of drug-likeness (QED) is 0.908. The van der Waals surface area contributed by atoms with Crippen LogP contribution in [0.5, 0.6) is 0 Å². The molecule has 17 heavy (non-hydrogen) atoms. The maximum atomic E-state index is 4.51. The molecular formula is C12H14BrN3S. The number of nitrogens with zero attached hydrogens (tertiary/aromatic N) is 2. The lowest BCUT2D eigenvalue weighted by atomic mass is 10.2. The summed E-state index contributed by atoms with van der Waals surface area (Å²) in [5.74, 6) is 1.29. The highest BCUT2D eigenvalue weighted by Crippen LogP contribution is 2.25. The normalized spacial score (nSPS) is 10.9. The van der Waals surface area contributed by atoms with Crippen LogP contribution in [0.2, 0.25) is 0 Å². The van der Waals surface area contributed by atoms with Gasteiger partial charge in [-0.2, -0.15) is 0 Å². The van der Waals surface area contributed by atoms with Crippen LogP contribution < -0.4 is 5.32 Å². The molecule has 0 aliphatic rings. The second-order valence-electron chi connectivity index (χ2n) is 4.18. The van der Waals surface area contributed by atoms with E-state index in [4.69, 9.17) is 0 Å². The zero-order valence-electron chi connectivity index (χ0n) is 9.99. The second kappa shape index (κ2) is 5.14. The lowest BCUT2D eigenvalue weighted by Gasteiger charge is -2.04. The van der Waals surface area contributed by atoms with Crippen molar-refractivity contribution in [2.75, 3.05) is 5.32 Å². The Morgan fingerprint density at radius 2 is 2.18 bits per heavy atom. The molecule has 1 N–H and O–H groups in total. The fourth-order valence-electron chi connectivity index (χ4n) is 1.33. The number of anilines is 2. The van der Waals surface area contributed by atoms with Crippen LogP contribution >= 0.6 is 27.3 Å². The summed E-state index contributed by atoms with van der Waals surface area (Å²) in [4.78, 5) is 8.81. The average molecular weight is 312 g/mol. The lowest BCUT2D eigenvalue weighted by Crippen LogP contribution is -1.95. The molecule has 0 saturated heterocycles. The van der Waals surface area contributed by atoms with E-state index in [1.807, 2.05) is 13.0 Å². The minimum Gasteiger partial charge on any atom is -0.316 e. The first kappa shape index (κ1) is 12.5. The van der Waals surface area contributed by atoms with Crippen LogP contribution in [0, 0.1) is 6.92 Å². The first-order valence-corrected chi connectivity index (χ1v) is 7.08. The number of hydrogen-bond acceptors (Lipinski definition) is 4. The van der Waals surface area contributed by atoms with Crippen LogP contribution in [0.4, 0.5) is 10.9 Å². The number of nitrogens with one attached hydrogen (secondary N) is 1. The summed E-state index contributed by atoms with van der Waals surface area (Å²) in [6.45, 7) is 6.32. The topological polar surface area (TPSA) is 37.8 Å². The summed E-state index contributed by atoms with van der Waals surface area (Å²) in [7, 11) is 0. The molecule has 2 aromatic heterocycles. The zero-order valence-corrected chi connectivity index (χ0v) is 12.4. The fourth-order valence-corrected chi connectivity index (χ4v) is 2.42. The Bertz CT molecular complexity index is 522. The smallest absolute Gasteiger partial charge is 0.188 e. The van der Waals surface area contributed by atoms with Crippen LogP contribution in [0.3, 0.4) is 0 Å². The third kappa shape index (κ3) is 3.04. The van der Waals surface area contributed by atoms with Gasteiger partial charge in [-0.25, -0.2) is 9.97 Å². The van der Waals surface area contributed by atoms with E-state index in [9.17, 15) is 0 Å². The molecule has 0 saturated carbocycles. The van der Waals surface area contributed by atoms with Gasteiger partial charge in [0, 0.05) is 16.0 Å². The van der Waals surface area contributed by atoms with Crippen molar-refractivity contribution in [1.29, 1.82) is 0 Å². The van der Waals surface area contributed by atoms with Gasteiger partial charge in [0.1, 0.15) is 5.82 Å². The van der Waals surface area contributed by atoms with E-state index >= 15 is 0 Å². The highest BCUT2D eigenvalue weighted by atomic mass is 79.9. The summed E-state index contributed by atoms with van der Waals surface area (Å²) in [5.41, 5.74) is 2.27. The molecule has 2 aromatic rings. The van der Waals surface area contributed by atoms with Crippen molar-refractivity contribution in [3.63, 3.8) is 0 Å². The van der Waals surface area contributed by atoms with Gasteiger partial charge in [-0.15, -0.1) is 11.3 Å². The molecule has 0 aliphatic heterocycles. The molecule has 0 radical (unpaired) electrons. The molecule has 5 heteroatoms. The molecule has 90 valence electrons. The van der Waals surface area contributed by atoms with Crippen molar-refractivity contribution in [3.8, 4) is 0 Å². The Kier molecular flexibility index (Phi) is 3.79. The third-order valence-corrected chi connectivity index (χ3v) is 4.00. The monoisotopic (exact) mass is 311 g/mol. The molecule has 0 unspecified atom stereocenters. The van der Waals surface area contributed by atoms with Crippen molar-refractivity contribution in [2.24, 2.45) is 0 Å². The van der Waals surface area contributed by atoms with Gasteiger partial charge in [0.15, 0.2) is 5.13 Å². The Morgan fingerprint density at radius 3 is 2.76 bits per heavy atom. The van der Waals surface area contributed by atoms with Crippen LogP contribution in [0.15, 0.2) is 22.1 Å². The zero-order chi connectivity index (χ0) is 12.4. The standard InChI is InChI=1S/C12H14BrN3S/c1-7(2)10-6-17-12(15-10)16-11-4-8(3)9(13)5-14-11/h4-7H,1-3H3,(H,14,15,16). The number of thiazole rings is 1. The van der Waals surface area contributed by atoms with Gasteiger partial charge in [0.05, 0.1) is 5.69 Å². The second-order valence-corrected chi connectivity index (χ2v) is 5.89. The van der Waals surface area contributed by atoms with E-state index in [1.165, 1.54) is 0 Å². The summed E-state index contributed by atoms with van der Waals surface area (Å²) >= 11 is 5.04. The first-order valence-electron chi connectivity index (χ1n) is 5.41. The van der Waals surface area contributed by atoms with Crippen LogP contribution in [-0.2, 0) is 0 Å². The van der Waals surface area contributed by atoms with Gasteiger partial charge in [0.25, 0.3) is 0 Å². The maximum absolute atomic E-state index is 4.51. The Balaban J connectivity index is 2.16. The average Bonchev–Trinajstić information content (AvgIpc) is 2.72. The SMILES string of the molecule is Cc1cc(Nc2nc(C(C)C)cs2)ncc1Br. The first-order chi connectivity index (χ1) is 8.06.